The van der Waals surface area contributed by atoms with Gasteiger partial charge in [0.25, 0.3) is 5.91 Å². The highest BCUT2D eigenvalue weighted by atomic mass is 32.2. The van der Waals surface area contributed by atoms with Crippen LogP contribution in [-0.2, 0) is 16.6 Å². The van der Waals surface area contributed by atoms with Crippen LogP contribution in [0.3, 0.4) is 0 Å². The number of aryl methyl sites for hydroxylation is 1. The monoisotopic (exact) mass is 388 g/mol. The number of anilines is 1. The molecule has 0 aliphatic carbocycles. The summed E-state index contributed by atoms with van der Waals surface area (Å²) in [5.41, 5.74) is 2.83. The first-order valence-corrected chi connectivity index (χ1v) is 10.5. The molecular weight excluding hydrogens is 364 g/mol. The van der Waals surface area contributed by atoms with Crippen molar-refractivity contribution in [3.05, 3.63) is 59.2 Å². The third kappa shape index (κ3) is 4.42. The quantitative estimate of drug-likeness (QED) is 0.855. The number of hydrogen-bond donors (Lipinski definition) is 1. The second kappa shape index (κ2) is 8.00. The van der Waals surface area contributed by atoms with Gasteiger partial charge in [0.15, 0.2) is 0 Å². The van der Waals surface area contributed by atoms with E-state index < -0.39 is 10.0 Å². The summed E-state index contributed by atoms with van der Waals surface area (Å²) >= 11 is 0. The zero-order valence-corrected chi connectivity index (χ0v) is 16.4. The summed E-state index contributed by atoms with van der Waals surface area (Å²) in [7, 11) is -1.71. The summed E-state index contributed by atoms with van der Waals surface area (Å²) < 4.78 is 31.3. The highest BCUT2D eigenvalue weighted by molar-refractivity contribution is 7.92. The molecule has 0 aromatic heterocycles. The maximum atomic E-state index is 12.5. The number of nitrogens with zero attached hydrogens (tertiary/aromatic N) is 1. The van der Waals surface area contributed by atoms with Crippen LogP contribution in [0.5, 0.6) is 5.75 Å². The van der Waals surface area contributed by atoms with E-state index >= 15 is 0 Å². The number of benzene rings is 2. The van der Waals surface area contributed by atoms with Gasteiger partial charge in [0.1, 0.15) is 5.75 Å². The molecule has 1 fully saturated rings. The van der Waals surface area contributed by atoms with Gasteiger partial charge in [-0.15, -0.1) is 0 Å². The number of sulfonamides is 1. The van der Waals surface area contributed by atoms with E-state index in [4.69, 9.17) is 4.74 Å². The maximum Gasteiger partial charge on any atom is 0.251 e. The summed E-state index contributed by atoms with van der Waals surface area (Å²) in [5.74, 6) is 0.679. The molecule has 27 heavy (non-hydrogen) atoms. The Balaban J connectivity index is 1.75. The van der Waals surface area contributed by atoms with Crippen LogP contribution in [0.2, 0.25) is 0 Å². The predicted molar refractivity (Wildman–Crippen MR) is 106 cm³/mol. The van der Waals surface area contributed by atoms with Gasteiger partial charge >= 0.3 is 0 Å². The Morgan fingerprint density at radius 1 is 1.15 bits per heavy atom. The third-order valence-corrected chi connectivity index (χ3v) is 6.56. The minimum absolute atomic E-state index is 0.153. The molecule has 7 heteroatoms. The smallest absolute Gasteiger partial charge is 0.251 e. The Labute approximate surface area is 160 Å². The van der Waals surface area contributed by atoms with Gasteiger partial charge in [0.05, 0.1) is 18.6 Å². The fraction of sp³-hybridized carbons (Fsp3) is 0.350. The van der Waals surface area contributed by atoms with Crippen LogP contribution in [0, 0.1) is 6.92 Å². The Morgan fingerprint density at radius 2 is 1.89 bits per heavy atom. The number of rotatable bonds is 5. The predicted octanol–water partition coefficient (Wildman–Crippen LogP) is 2.86. The van der Waals surface area contributed by atoms with Crippen LogP contribution in [0.1, 0.15) is 34.3 Å². The molecule has 6 nitrogen and oxygen atoms in total. The molecule has 1 saturated heterocycles. The highest BCUT2D eigenvalue weighted by Crippen LogP contribution is 2.28. The van der Waals surface area contributed by atoms with Crippen molar-refractivity contribution in [2.75, 3.05) is 23.7 Å². The van der Waals surface area contributed by atoms with Gasteiger partial charge in [-0.05, 0) is 55.2 Å². The van der Waals surface area contributed by atoms with Crippen LogP contribution in [-0.4, -0.2) is 33.7 Å². The molecule has 0 bridgehead atoms. The van der Waals surface area contributed by atoms with Crippen molar-refractivity contribution in [2.45, 2.75) is 26.3 Å². The number of nitrogens with one attached hydrogen (secondary N) is 1. The second-order valence-electron chi connectivity index (χ2n) is 6.63. The molecule has 1 aliphatic heterocycles. The van der Waals surface area contributed by atoms with Gasteiger partial charge in [-0.25, -0.2) is 8.42 Å². The summed E-state index contributed by atoms with van der Waals surface area (Å²) in [6, 6.07) is 12.6. The lowest BCUT2D eigenvalue weighted by molar-refractivity contribution is 0.0951. The maximum absolute atomic E-state index is 12.5. The zero-order valence-electron chi connectivity index (χ0n) is 15.6. The molecule has 1 heterocycles. The molecule has 1 N–H and O–H groups in total. The minimum atomic E-state index is -3.31. The van der Waals surface area contributed by atoms with Crippen molar-refractivity contribution in [1.29, 1.82) is 0 Å². The minimum Gasteiger partial charge on any atom is -0.497 e. The van der Waals surface area contributed by atoms with Crippen LogP contribution in [0.25, 0.3) is 0 Å². The number of carbonyl (C=O) groups is 1. The molecule has 1 aliphatic rings. The molecule has 2 aromatic carbocycles. The summed E-state index contributed by atoms with van der Waals surface area (Å²) in [6.07, 6.45) is 1.51. The van der Waals surface area contributed by atoms with Gasteiger partial charge in [0.2, 0.25) is 10.0 Å². The van der Waals surface area contributed by atoms with Crippen LogP contribution >= 0.6 is 0 Å². The molecule has 1 amide bonds. The number of carbonyl (C=O) groups excluding carboxylic acids is 1. The van der Waals surface area contributed by atoms with E-state index in [0.717, 1.165) is 23.3 Å². The molecule has 2 aromatic rings. The lowest BCUT2D eigenvalue weighted by Gasteiger charge is -2.29. The molecular formula is C20H24N2O4S. The van der Waals surface area contributed by atoms with Crippen molar-refractivity contribution in [1.82, 2.24) is 5.32 Å². The second-order valence-corrected chi connectivity index (χ2v) is 8.64. The zero-order chi connectivity index (χ0) is 19.4. The van der Waals surface area contributed by atoms with E-state index in [-0.39, 0.29) is 11.7 Å². The van der Waals surface area contributed by atoms with Gasteiger partial charge < -0.3 is 10.1 Å². The molecule has 0 spiro atoms. The lowest BCUT2D eigenvalue weighted by Crippen LogP contribution is -2.38. The number of methoxy groups -OCH3 is 1. The summed E-state index contributed by atoms with van der Waals surface area (Å²) in [6.45, 7) is 2.70. The average Bonchev–Trinajstić information content (AvgIpc) is 2.67. The molecule has 0 saturated carbocycles. The van der Waals surface area contributed by atoms with Gasteiger partial charge in [-0.1, -0.05) is 18.2 Å². The Bertz CT molecular complexity index is 923. The van der Waals surface area contributed by atoms with Gasteiger partial charge in [-0.3, -0.25) is 9.10 Å². The molecule has 3 rings (SSSR count). The van der Waals surface area contributed by atoms with Crippen molar-refractivity contribution < 1.29 is 17.9 Å². The van der Waals surface area contributed by atoms with Crippen molar-refractivity contribution in [2.24, 2.45) is 0 Å². The van der Waals surface area contributed by atoms with Crippen LogP contribution in [0.4, 0.5) is 5.69 Å². The van der Waals surface area contributed by atoms with Crippen molar-refractivity contribution >= 4 is 21.6 Å². The fourth-order valence-electron chi connectivity index (χ4n) is 3.11. The first-order chi connectivity index (χ1) is 12.9. The summed E-state index contributed by atoms with van der Waals surface area (Å²) in [4.78, 5) is 12.5. The molecule has 0 radical (unpaired) electrons. The SMILES string of the molecule is COc1ccc(CNC(=O)c2ccc(C)c(N3CCCCS3(=O)=O)c2)cc1. The summed E-state index contributed by atoms with van der Waals surface area (Å²) in [5, 5.41) is 2.88. The first kappa shape index (κ1) is 19.2. The standard InChI is InChI=1S/C20H24N2O4S/c1-15-5-8-17(13-19(15)22-11-3-4-12-27(22,24)25)20(23)21-14-16-6-9-18(26-2)10-7-16/h5-10,13H,3-4,11-12,14H2,1-2H3,(H,21,23). The number of ether oxygens (including phenoxy) is 1. The molecule has 144 valence electrons. The third-order valence-electron chi connectivity index (χ3n) is 4.70. The molecule has 0 atom stereocenters. The average molecular weight is 388 g/mol. The van der Waals surface area contributed by atoms with E-state index in [1.807, 2.05) is 31.2 Å². The molecule has 0 unspecified atom stereocenters. The normalized spacial score (nSPS) is 16.0. The van der Waals surface area contributed by atoms with Crippen molar-refractivity contribution in [3.63, 3.8) is 0 Å². The lowest BCUT2D eigenvalue weighted by atomic mass is 10.1. The first-order valence-electron chi connectivity index (χ1n) is 8.93. The highest BCUT2D eigenvalue weighted by Gasteiger charge is 2.27. The Morgan fingerprint density at radius 3 is 2.56 bits per heavy atom. The Kier molecular flexibility index (Phi) is 5.70. The Hall–Kier alpha value is -2.54. The fourth-order valence-corrected chi connectivity index (χ4v) is 4.80. The van der Waals surface area contributed by atoms with E-state index in [9.17, 15) is 13.2 Å². The van der Waals surface area contributed by atoms with Crippen molar-refractivity contribution in [3.8, 4) is 5.75 Å². The van der Waals surface area contributed by atoms with E-state index in [1.165, 1.54) is 4.31 Å². The van der Waals surface area contributed by atoms with Crippen LogP contribution < -0.4 is 14.4 Å². The van der Waals surface area contributed by atoms with Gasteiger partial charge in [0, 0.05) is 18.7 Å². The van der Waals surface area contributed by atoms with Crippen LogP contribution in [0.15, 0.2) is 42.5 Å². The topological polar surface area (TPSA) is 75.7 Å². The van der Waals surface area contributed by atoms with E-state index in [2.05, 4.69) is 5.32 Å². The number of hydrogen-bond acceptors (Lipinski definition) is 4. The van der Waals surface area contributed by atoms with Gasteiger partial charge in [-0.2, -0.15) is 0 Å². The van der Waals surface area contributed by atoms with E-state index in [1.54, 1.807) is 25.3 Å². The largest absolute Gasteiger partial charge is 0.497 e. The van der Waals surface area contributed by atoms with E-state index in [0.29, 0.717) is 30.8 Å². The number of amides is 1.